The van der Waals surface area contributed by atoms with Crippen LogP contribution in [0.2, 0.25) is 5.02 Å². The molecule has 1 unspecified atom stereocenters. The molecule has 0 aliphatic carbocycles. The third-order valence-electron chi connectivity index (χ3n) is 3.17. The van der Waals surface area contributed by atoms with Crippen molar-refractivity contribution >= 4 is 29.1 Å². The average molecular weight is 298 g/mol. The van der Waals surface area contributed by atoms with Crippen LogP contribution in [0.25, 0.3) is 0 Å². The van der Waals surface area contributed by atoms with Gasteiger partial charge in [0.25, 0.3) is 5.69 Å². The van der Waals surface area contributed by atoms with Crippen molar-refractivity contribution in [3.8, 4) is 0 Å². The number of amides is 2. The zero-order chi connectivity index (χ0) is 14.9. The molecule has 0 aromatic heterocycles. The van der Waals surface area contributed by atoms with Crippen LogP contribution in [-0.4, -0.2) is 34.7 Å². The van der Waals surface area contributed by atoms with Gasteiger partial charge in [0.1, 0.15) is 0 Å². The average Bonchev–Trinajstić information content (AvgIpc) is 2.64. The number of imide groups is 1. The molecule has 1 fully saturated rings. The van der Waals surface area contributed by atoms with E-state index in [2.05, 4.69) is 5.32 Å². The normalized spacial score (nSPS) is 18.7. The number of nitro groups is 1. The summed E-state index contributed by atoms with van der Waals surface area (Å²) in [6.45, 7) is 0.258. The summed E-state index contributed by atoms with van der Waals surface area (Å²) in [6, 6.07) is 3.56. The van der Waals surface area contributed by atoms with E-state index in [0.717, 1.165) is 4.90 Å². The van der Waals surface area contributed by atoms with Gasteiger partial charge in [-0.2, -0.15) is 0 Å². The molecule has 1 aliphatic heterocycles. The highest BCUT2D eigenvalue weighted by Crippen LogP contribution is 2.22. The Balaban J connectivity index is 2.03. The number of hydrogen-bond donors (Lipinski definition) is 1. The number of likely N-dealkylation sites (N-methyl/N-ethyl adjacent to an activating group) is 1. The topological polar surface area (TPSA) is 92.6 Å². The van der Waals surface area contributed by atoms with Gasteiger partial charge in [0.05, 0.1) is 22.4 Å². The van der Waals surface area contributed by atoms with Crippen molar-refractivity contribution < 1.29 is 14.5 Å². The molecule has 8 heteroatoms. The number of halogens is 1. The number of carbonyl (C=O) groups is 2. The number of nitro benzene ring substituents is 1. The number of carbonyl (C=O) groups excluding carboxylic acids is 2. The monoisotopic (exact) mass is 297 g/mol. The lowest BCUT2D eigenvalue weighted by molar-refractivity contribution is -0.384. The molecule has 1 aromatic rings. The van der Waals surface area contributed by atoms with Gasteiger partial charge < -0.3 is 5.32 Å². The van der Waals surface area contributed by atoms with E-state index >= 15 is 0 Å². The predicted molar refractivity (Wildman–Crippen MR) is 71.1 cm³/mol. The zero-order valence-electron chi connectivity index (χ0n) is 10.6. The molecule has 0 spiro atoms. The number of rotatable bonds is 4. The SMILES string of the molecule is CN1C(=O)CC(NCc2ccc([N+](=O)[O-])cc2Cl)C1=O. The first kappa shape index (κ1) is 14.4. The van der Waals surface area contributed by atoms with Crippen LogP contribution >= 0.6 is 11.6 Å². The molecule has 0 radical (unpaired) electrons. The predicted octanol–water partition coefficient (Wildman–Crippen LogP) is 1.10. The minimum atomic E-state index is -0.571. The number of likely N-dealkylation sites (tertiary alicyclic amines) is 1. The Kier molecular flexibility index (Phi) is 4.01. The third kappa shape index (κ3) is 2.78. The third-order valence-corrected chi connectivity index (χ3v) is 3.52. The highest BCUT2D eigenvalue weighted by Gasteiger charge is 2.35. The van der Waals surface area contributed by atoms with Gasteiger partial charge in [0, 0.05) is 25.7 Å². The standard InChI is InChI=1S/C12H12ClN3O4/c1-15-11(17)5-10(12(15)18)14-6-7-2-3-8(16(19)20)4-9(7)13/h2-4,10,14H,5-6H2,1H3. The summed E-state index contributed by atoms with van der Waals surface area (Å²) in [5.74, 6) is -0.518. The van der Waals surface area contributed by atoms with Crippen molar-refractivity contribution in [2.75, 3.05) is 7.05 Å². The van der Waals surface area contributed by atoms with Gasteiger partial charge >= 0.3 is 0 Å². The first-order valence-corrected chi connectivity index (χ1v) is 6.24. The number of hydrogen-bond acceptors (Lipinski definition) is 5. The van der Waals surface area contributed by atoms with Crippen LogP contribution in [0.15, 0.2) is 18.2 Å². The Morgan fingerprint density at radius 3 is 2.70 bits per heavy atom. The molecule has 0 saturated carbocycles. The lowest BCUT2D eigenvalue weighted by Crippen LogP contribution is -2.36. The van der Waals surface area contributed by atoms with Crippen molar-refractivity contribution in [3.63, 3.8) is 0 Å². The highest BCUT2D eigenvalue weighted by molar-refractivity contribution is 6.31. The van der Waals surface area contributed by atoms with Crippen molar-refractivity contribution in [2.24, 2.45) is 0 Å². The summed E-state index contributed by atoms with van der Waals surface area (Å²) in [5.41, 5.74) is 0.540. The molecule has 2 amide bonds. The van der Waals surface area contributed by atoms with Gasteiger partial charge in [-0.25, -0.2) is 0 Å². The molecular formula is C12H12ClN3O4. The van der Waals surface area contributed by atoms with Gasteiger partial charge in [-0.15, -0.1) is 0 Å². The molecule has 1 aliphatic rings. The minimum Gasteiger partial charge on any atom is -0.301 e. The second kappa shape index (κ2) is 5.56. The van der Waals surface area contributed by atoms with Gasteiger partial charge in [-0.05, 0) is 11.6 Å². The molecule has 7 nitrogen and oxygen atoms in total. The van der Waals surface area contributed by atoms with Crippen molar-refractivity contribution in [1.29, 1.82) is 0 Å². The van der Waals surface area contributed by atoms with E-state index < -0.39 is 11.0 Å². The van der Waals surface area contributed by atoms with Crippen LogP contribution in [-0.2, 0) is 16.1 Å². The van der Waals surface area contributed by atoms with Crippen LogP contribution in [0.3, 0.4) is 0 Å². The Labute approximate surface area is 119 Å². The maximum absolute atomic E-state index is 11.7. The number of nitrogens with one attached hydrogen (secondary N) is 1. The quantitative estimate of drug-likeness (QED) is 0.510. The molecule has 1 heterocycles. The summed E-state index contributed by atoms with van der Waals surface area (Å²) >= 11 is 5.95. The smallest absolute Gasteiger partial charge is 0.270 e. The molecule has 106 valence electrons. The van der Waals surface area contributed by atoms with Crippen LogP contribution in [0, 0.1) is 10.1 Å². The highest BCUT2D eigenvalue weighted by atomic mass is 35.5. The molecule has 1 saturated heterocycles. The Bertz CT molecular complexity index is 590. The van der Waals surface area contributed by atoms with E-state index in [4.69, 9.17) is 11.6 Å². The van der Waals surface area contributed by atoms with Crippen molar-refractivity contribution in [2.45, 2.75) is 19.0 Å². The zero-order valence-corrected chi connectivity index (χ0v) is 11.4. The van der Waals surface area contributed by atoms with E-state index in [9.17, 15) is 19.7 Å². The lowest BCUT2D eigenvalue weighted by atomic mass is 10.1. The summed E-state index contributed by atoms with van der Waals surface area (Å²) < 4.78 is 0. The Hall–Kier alpha value is -1.99. The fraction of sp³-hybridized carbons (Fsp3) is 0.333. The lowest BCUT2D eigenvalue weighted by Gasteiger charge is -2.11. The molecule has 0 bridgehead atoms. The molecule has 1 N–H and O–H groups in total. The second-order valence-corrected chi connectivity index (χ2v) is 4.87. The van der Waals surface area contributed by atoms with Crippen LogP contribution < -0.4 is 5.32 Å². The largest absolute Gasteiger partial charge is 0.301 e. The first-order valence-electron chi connectivity index (χ1n) is 5.86. The number of nitrogens with zero attached hydrogens (tertiary/aromatic N) is 2. The maximum Gasteiger partial charge on any atom is 0.270 e. The molecule has 20 heavy (non-hydrogen) atoms. The van der Waals surface area contributed by atoms with Crippen molar-refractivity contribution in [1.82, 2.24) is 10.2 Å². The van der Waals surface area contributed by atoms with Gasteiger partial charge in [0.15, 0.2) is 0 Å². The summed E-state index contributed by atoms with van der Waals surface area (Å²) in [6.07, 6.45) is 0.111. The van der Waals surface area contributed by atoms with Crippen LogP contribution in [0.4, 0.5) is 5.69 Å². The van der Waals surface area contributed by atoms with E-state index in [1.807, 2.05) is 0 Å². The first-order chi connectivity index (χ1) is 9.40. The maximum atomic E-state index is 11.7. The second-order valence-electron chi connectivity index (χ2n) is 4.46. The summed E-state index contributed by atoms with van der Waals surface area (Å²) in [5, 5.41) is 13.8. The van der Waals surface area contributed by atoms with Gasteiger partial charge in [0.2, 0.25) is 11.8 Å². The van der Waals surface area contributed by atoms with Gasteiger partial charge in [-0.1, -0.05) is 11.6 Å². The molecule has 2 rings (SSSR count). The Morgan fingerprint density at radius 2 is 2.20 bits per heavy atom. The van der Waals surface area contributed by atoms with E-state index in [0.29, 0.717) is 5.56 Å². The fourth-order valence-electron chi connectivity index (χ4n) is 1.94. The molecule has 1 atom stereocenters. The summed E-state index contributed by atoms with van der Waals surface area (Å²) in [7, 11) is 1.44. The number of benzene rings is 1. The van der Waals surface area contributed by atoms with Gasteiger partial charge in [-0.3, -0.25) is 24.6 Å². The van der Waals surface area contributed by atoms with Crippen LogP contribution in [0.5, 0.6) is 0 Å². The fourth-order valence-corrected chi connectivity index (χ4v) is 2.18. The summed E-state index contributed by atoms with van der Waals surface area (Å²) in [4.78, 5) is 34.2. The van der Waals surface area contributed by atoms with Crippen LogP contribution in [0.1, 0.15) is 12.0 Å². The molecule has 1 aromatic carbocycles. The van der Waals surface area contributed by atoms with Crippen molar-refractivity contribution in [3.05, 3.63) is 38.9 Å². The van der Waals surface area contributed by atoms with E-state index in [1.54, 1.807) is 0 Å². The van der Waals surface area contributed by atoms with E-state index in [1.165, 1.54) is 25.2 Å². The Morgan fingerprint density at radius 1 is 1.50 bits per heavy atom. The minimum absolute atomic E-state index is 0.0920. The molecular weight excluding hydrogens is 286 g/mol. The van der Waals surface area contributed by atoms with E-state index in [-0.39, 0.29) is 35.5 Å². The number of non-ortho nitro benzene ring substituents is 1.